The molecule has 2 amide bonds. The molecule has 2 aliphatic rings. The number of likely N-dealkylation sites (tertiary alicyclic amines) is 1. The summed E-state index contributed by atoms with van der Waals surface area (Å²) in [6.45, 7) is 3.17. The van der Waals surface area contributed by atoms with Gasteiger partial charge in [-0.1, -0.05) is 16.8 Å². The van der Waals surface area contributed by atoms with Crippen LogP contribution in [0.25, 0.3) is 0 Å². The van der Waals surface area contributed by atoms with Crippen LogP contribution in [0.1, 0.15) is 35.3 Å². The van der Waals surface area contributed by atoms with E-state index in [1.807, 2.05) is 12.1 Å². The average molecular weight is 393 g/mol. The number of benzene rings is 1. The third-order valence-electron chi connectivity index (χ3n) is 4.94. The number of hydrogen-bond acceptors (Lipinski definition) is 6. The molecule has 2 aliphatic heterocycles. The molecule has 0 radical (unpaired) electrons. The Kier molecular flexibility index (Phi) is 4.92. The number of halogens is 1. The smallest absolute Gasteiger partial charge is 0.318 e. The molecule has 2 atom stereocenters. The van der Waals surface area contributed by atoms with Crippen molar-refractivity contribution in [1.82, 2.24) is 20.4 Å². The van der Waals surface area contributed by atoms with E-state index in [1.54, 1.807) is 18.9 Å². The second kappa shape index (κ2) is 7.36. The molecule has 1 N–H and O–H groups in total. The van der Waals surface area contributed by atoms with E-state index in [0.29, 0.717) is 42.9 Å². The summed E-state index contributed by atoms with van der Waals surface area (Å²) in [6.07, 6.45) is 1.37. The number of nitrogens with one attached hydrogen (secondary N) is 1. The number of hydrogen-bond donors (Lipinski definition) is 1. The van der Waals surface area contributed by atoms with Crippen LogP contribution in [-0.2, 0) is 17.7 Å². The average Bonchev–Trinajstić information content (AvgIpc) is 3.37. The Morgan fingerprint density at radius 2 is 2.33 bits per heavy atom. The molecule has 0 unspecified atom stereocenters. The van der Waals surface area contributed by atoms with Gasteiger partial charge in [-0.25, -0.2) is 4.79 Å². The molecular formula is C18H21ClN4O4. The van der Waals surface area contributed by atoms with E-state index in [4.69, 9.17) is 25.6 Å². The van der Waals surface area contributed by atoms with E-state index in [0.717, 1.165) is 23.3 Å². The second-order valence-corrected chi connectivity index (χ2v) is 7.19. The highest BCUT2D eigenvalue weighted by atomic mass is 35.5. The van der Waals surface area contributed by atoms with Gasteiger partial charge in [0.25, 0.3) is 0 Å². The molecule has 0 bridgehead atoms. The van der Waals surface area contributed by atoms with Gasteiger partial charge in [-0.2, -0.15) is 4.98 Å². The maximum absolute atomic E-state index is 12.9. The number of aryl methyl sites for hydroxylation is 1. The van der Waals surface area contributed by atoms with Crippen molar-refractivity contribution < 1.29 is 18.8 Å². The Morgan fingerprint density at radius 3 is 3.07 bits per heavy atom. The Morgan fingerprint density at radius 1 is 1.48 bits per heavy atom. The van der Waals surface area contributed by atoms with Crippen molar-refractivity contribution in [1.29, 1.82) is 0 Å². The zero-order valence-corrected chi connectivity index (χ0v) is 16.0. The minimum Gasteiger partial charge on any atom is -0.493 e. The summed E-state index contributed by atoms with van der Waals surface area (Å²) in [5.41, 5.74) is 1.95. The summed E-state index contributed by atoms with van der Waals surface area (Å²) in [5.74, 6) is 1.78. The molecule has 4 rings (SSSR count). The first-order valence-electron chi connectivity index (χ1n) is 8.86. The molecule has 0 aliphatic carbocycles. The molecule has 27 heavy (non-hydrogen) atoms. The standard InChI is InChI=1S/C18H21ClN4O4/c1-10-21-17(27-22-10)15-7-14(25-2)9-23(15)18(24)20-8-12-6-13(19)5-11-3-4-26-16(11)12/h5-6,14-15H,3-4,7-9H2,1-2H3,(H,20,24)/t14-,15+/m0/s1. The summed E-state index contributed by atoms with van der Waals surface area (Å²) in [7, 11) is 1.63. The monoisotopic (exact) mass is 392 g/mol. The zero-order chi connectivity index (χ0) is 19.0. The van der Waals surface area contributed by atoms with Crippen LogP contribution < -0.4 is 10.1 Å². The highest BCUT2D eigenvalue weighted by molar-refractivity contribution is 6.30. The molecule has 1 aromatic heterocycles. The quantitative estimate of drug-likeness (QED) is 0.860. The van der Waals surface area contributed by atoms with Crippen LogP contribution in [-0.4, -0.2) is 47.4 Å². The van der Waals surface area contributed by atoms with Gasteiger partial charge in [0.1, 0.15) is 11.8 Å². The first-order valence-corrected chi connectivity index (χ1v) is 9.24. The van der Waals surface area contributed by atoms with Gasteiger partial charge >= 0.3 is 6.03 Å². The van der Waals surface area contributed by atoms with E-state index in [1.165, 1.54) is 0 Å². The second-order valence-electron chi connectivity index (χ2n) is 6.75. The summed E-state index contributed by atoms with van der Waals surface area (Å²) in [5, 5.41) is 7.43. The summed E-state index contributed by atoms with van der Waals surface area (Å²) >= 11 is 6.19. The van der Waals surface area contributed by atoms with Crippen molar-refractivity contribution in [2.75, 3.05) is 20.3 Å². The van der Waals surface area contributed by atoms with Crippen LogP contribution in [0, 0.1) is 6.92 Å². The van der Waals surface area contributed by atoms with Gasteiger partial charge in [0.15, 0.2) is 5.82 Å². The molecule has 0 spiro atoms. The van der Waals surface area contributed by atoms with Crippen LogP contribution >= 0.6 is 11.6 Å². The third kappa shape index (κ3) is 3.59. The fourth-order valence-electron chi connectivity index (χ4n) is 3.62. The number of ether oxygens (including phenoxy) is 2. The van der Waals surface area contributed by atoms with Gasteiger partial charge in [0, 0.05) is 43.6 Å². The predicted octanol–water partition coefficient (Wildman–Crippen LogP) is 2.64. The lowest BCUT2D eigenvalue weighted by Crippen LogP contribution is -2.40. The van der Waals surface area contributed by atoms with Crippen molar-refractivity contribution in [3.8, 4) is 5.75 Å². The van der Waals surface area contributed by atoms with Crippen LogP contribution in [0.5, 0.6) is 5.75 Å². The molecular weight excluding hydrogens is 372 g/mol. The zero-order valence-electron chi connectivity index (χ0n) is 15.2. The first kappa shape index (κ1) is 18.1. The van der Waals surface area contributed by atoms with Gasteiger partial charge in [-0.15, -0.1) is 0 Å². The number of rotatable bonds is 4. The number of nitrogens with zero attached hydrogens (tertiary/aromatic N) is 3. The molecule has 1 fully saturated rings. The van der Waals surface area contributed by atoms with Crippen LogP contribution in [0.3, 0.4) is 0 Å². The van der Waals surface area contributed by atoms with Gasteiger partial charge in [-0.3, -0.25) is 0 Å². The highest BCUT2D eigenvalue weighted by Gasteiger charge is 2.39. The number of carbonyl (C=O) groups is 1. The van der Waals surface area contributed by atoms with E-state index in [9.17, 15) is 4.79 Å². The summed E-state index contributed by atoms with van der Waals surface area (Å²) < 4.78 is 16.4. The molecule has 1 aromatic carbocycles. The van der Waals surface area contributed by atoms with Crippen molar-refractivity contribution in [3.63, 3.8) is 0 Å². The fourth-order valence-corrected chi connectivity index (χ4v) is 3.89. The topological polar surface area (TPSA) is 89.7 Å². The Labute approximate surface area is 161 Å². The molecule has 8 nitrogen and oxygen atoms in total. The van der Waals surface area contributed by atoms with Crippen LogP contribution in [0.15, 0.2) is 16.7 Å². The van der Waals surface area contributed by atoms with Crippen molar-refractivity contribution in [3.05, 3.63) is 40.0 Å². The van der Waals surface area contributed by atoms with E-state index in [-0.39, 0.29) is 18.2 Å². The van der Waals surface area contributed by atoms with Gasteiger partial charge in [0.2, 0.25) is 5.89 Å². The fraction of sp³-hybridized carbons (Fsp3) is 0.500. The van der Waals surface area contributed by atoms with Gasteiger partial charge in [0.05, 0.1) is 12.7 Å². The lowest BCUT2D eigenvalue weighted by molar-refractivity contribution is 0.110. The molecule has 144 valence electrons. The molecule has 9 heteroatoms. The molecule has 1 saturated heterocycles. The van der Waals surface area contributed by atoms with Gasteiger partial charge in [-0.05, 0) is 24.6 Å². The largest absolute Gasteiger partial charge is 0.493 e. The van der Waals surface area contributed by atoms with Crippen LogP contribution in [0.4, 0.5) is 4.79 Å². The first-order chi connectivity index (χ1) is 13.0. The van der Waals surface area contributed by atoms with Gasteiger partial charge < -0.3 is 24.2 Å². The minimum absolute atomic E-state index is 0.0771. The van der Waals surface area contributed by atoms with E-state index in [2.05, 4.69) is 15.5 Å². The Balaban J connectivity index is 1.49. The van der Waals surface area contributed by atoms with E-state index >= 15 is 0 Å². The van der Waals surface area contributed by atoms with E-state index < -0.39 is 0 Å². The Bertz CT molecular complexity index is 856. The number of fused-ring (bicyclic) bond motifs is 1. The lowest BCUT2D eigenvalue weighted by Gasteiger charge is -2.22. The number of aromatic nitrogens is 2. The summed E-state index contributed by atoms with van der Waals surface area (Å²) in [6, 6.07) is 3.21. The highest BCUT2D eigenvalue weighted by Crippen LogP contribution is 2.34. The summed E-state index contributed by atoms with van der Waals surface area (Å²) in [4.78, 5) is 18.8. The predicted molar refractivity (Wildman–Crippen MR) is 96.8 cm³/mol. The Hall–Kier alpha value is -2.32. The minimum atomic E-state index is -0.308. The number of carbonyl (C=O) groups excluding carboxylic acids is 1. The third-order valence-corrected chi connectivity index (χ3v) is 5.16. The number of amides is 2. The van der Waals surface area contributed by atoms with Crippen molar-refractivity contribution in [2.24, 2.45) is 0 Å². The molecule has 0 saturated carbocycles. The molecule has 2 aromatic rings. The van der Waals surface area contributed by atoms with Crippen LogP contribution in [0.2, 0.25) is 5.02 Å². The maximum atomic E-state index is 12.9. The van der Waals surface area contributed by atoms with Crippen molar-refractivity contribution in [2.45, 2.75) is 38.5 Å². The SMILES string of the molecule is CO[C@H]1C[C@H](c2nc(C)no2)N(C(=O)NCc2cc(Cl)cc3c2OCC3)C1. The number of urea groups is 1. The molecule has 3 heterocycles. The lowest BCUT2D eigenvalue weighted by atomic mass is 10.1. The number of methoxy groups -OCH3 is 1. The normalized spacial score (nSPS) is 21.2. The van der Waals surface area contributed by atoms with Crippen molar-refractivity contribution >= 4 is 17.6 Å². The maximum Gasteiger partial charge on any atom is 0.318 e.